The Bertz CT molecular complexity index is 517. The molecule has 0 bridgehead atoms. The molecule has 2 aromatic rings. The van der Waals surface area contributed by atoms with E-state index in [1.165, 1.54) is 12.1 Å². The summed E-state index contributed by atoms with van der Waals surface area (Å²) in [4.78, 5) is 0. The lowest BCUT2D eigenvalue weighted by Crippen LogP contribution is -2.05. The normalized spacial score (nSPS) is 12.0. The van der Waals surface area contributed by atoms with Crippen LogP contribution in [-0.4, -0.2) is 0 Å². The van der Waals surface area contributed by atoms with Crippen LogP contribution in [0, 0.1) is 0 Å². The second kappa shape index (κ2) is 4.09. The highest BCUT2D eigenvalue weighted by molar-refractivity contribution is 9.08. The third-order valence-electron chi connectivity index (χ3n) is 2.42. The molecule has 0 aromatic heterocycles. The largest absolute Gasteiger partial charge is 0.416 e. The fourth-order valence-corrected chi connectivity index (χ4v) is 2.13. The molecule has 0 fully saturated rings. The molecule has 0 saturated heterocycles. The molecule has 0 radical (unpaired) electrons. The summed E-state index contributed by atoms with van der Waals surface area (Å²) >= 11 is 3.21. The summed E-state index contributed by atoms with van der Waals surface area (Å²) in [6, 6.07) is 9.45. The van der Waals surface area contributed by atoms with Crippen molar-refractivity contribution in [1.82, 2.24) is 0 Å². The van der Waals surface area contributed by atoms with Crippen molar-refractivity contribution in [1.29, 1.82) is 0 Å². The second-order valence-electron chi connectivity index (χ2n) is 3.49. The van der Waals surface area contributed by atoms with Gasteiger partial charge < -0.3 is 0 Å². The van der Waals surface area contributed by atoms with Crippen molar-refractivity contribution < 1.29 is 13.2 Å². The molecule has 0 aliphatic heterocycles. The van der Waals surface area contributed by atoms with E-state index < -0.39 is 11.7 Å². The van der Waals surface area contributed by atoms with E-state index in [9.17, 15) is 13.2 Å². The Labute approximate surface area is 99.2 Å². The minimum absolute atomic E-state index is 0.414. The van der Waals surface area contributed by atoms with E-state index in [1.54, 1.807) is 12.1 Å². The highest BCUT2D eigenvalue weighted by atomic mass is 79.9. The molecule has 0 aliphatic rings. The number of fused-ring (bicyclic) bond motifs is 1. The Balaban J connectivity index is 2.73. The molecule has 0 N–H and O–H groups in total. The molecule has 84 valence electrons. The fraction of sp³-hybridized carbons (Fsp3) is 0.167. The summed E-state index contributed by atoms with van der Waals surface area (Å²) in [5.41, 5.74) is 0.0612. The van der Waals surface area contributed by atoms with Crippen LogP contribution in [-0.2, 0) is 11.5 Å². The van der Waals surface area contributed by atoms with Gasteiger partial charge in [-0.2, -0.15) is 13.2 Å². The van der Waals surface area contributed by atoms with Crippen molar-refractivity contribution in [2.45, 2.75) is 11.5 Å². The van der Waals surface area contributed by atoms with Crippen LogP contribution in [0.2, 0.25) is 0 Å². The molecule has 0 spiro atoms. The lowest BCUT2D eigenvalue weighted by Gasteiger charge is -2.11. The van der Waals surface area contributed by atoms with Crippen LogP contribution >= 0.6 is 15.9 Å². The van der Waals surface area contributed by atoms with Gasteiger partial charge in [-0.05, 0) is 28.5 Å². The zero-order valence-corrected chi connectivity index (χ0v) is 9.77. The summed E-state index contributed by atoms with van der Waals surface area (Å²) in [7, 11) is 0. The van der Waals surface area contributed by atoms with Gasteiger partial charge in [0.05, 0.1) is 5.56 Å². The molecule has 2 rings (SSSR count). The minimum Gasteiger partial charge on any atom is -0.166 e. The Morgan fingerprint density at radius 2 is 1.75 bits per heavy atom. The quantitative estimate of drug-likeness (QED) is 0.664. The van der Waals surface area contributed by atoms with E-state index in [0.29, 0.717) is 16.3 Å². The summed E-state index contributed by atoms with van der Waals surface area (Å²) in [5, 5.41) is 1.89. The lowest BCUT2D eigenvalue weighted by molar-refractivity contribution is -0.137. The van der Waals surface area contributed by atoms with Crippen LogP contribution in [0.4, 0.5) is 13.2 Å². The molecule has 0 nitrogen and oxygen atoms in total. The molecular weight excluding hydrogens is 281 g/mol. The van der Waals surface area contributed by atoms with Gasteiger partial charge in [0.25, 0.3) is 0 Å². The molecular formula is C12H8BrF3. The fourth-order valence-electron chi connectivity index (χ4n) is 1.66. The van der Waals surface area contributed by atoms with E-state index in [4.69, 9.17) is 0 Å². The number of alkyl halides is 4. The first kappa shape index (κ1) is 11.5. The van der Waals surface area contributed by atoms with Gasteiger partial charge in [0.15, 0.2) is 0 Å². The van der Waals surface area contributed by atoms with Gasteiger partial charge in [-0.3, -0.25) is 0 Å². The van der Waals surface area contributed by atoms with Crippen molar-refractivity contribution in [2.75, 3.05) is 0 Å². The van der Waals surface area contributed by atoms with Gasteiger partial charge in [0, 0.05) is 5.33 Å². The van der Waals surface area contributed by atoms with Crippen molar-refractivity contribution in [3.8, 4) is 0 Å². The van der Waals surface area contributed by atoms with Crippen molar-refractivity contribution >= 4 is 26.7 Å². The maximum Gasteiger partial charge on any atom is 0.416 e. The molecule has 0 unspecified atom stereocenters. The predicted molar refractivity (Wildman–Crippen MR) is 61.6 cm³/mol. The monoisotopic (exact) mass is 288 g/mol. The van der Waals surface area contributed by atoms with Crippen molar-refractivity contribution in [3.63, 3.8) is 0 Å². The second-order valence-corrected chi connectivity index (χ2v) is 4.05. The van der Waals surface area contributed by atoms with E-state index in [-0.39, 0.29) is 0 Å². The van der Waals surface area contributed by atoms with E-state index in [0.717, 1.165) is 5.39 Å². The summed E-state index contributed by atoms with van der Waals surface area (Å²) in [6.45, 7) is 0. The number of rotatable bonds is 1. The average Bonchev–Trinajstić information content (AvgIpc) is 2.26. The van der Waals surface area contributed by atoms with E-state index in [2.05, 4.69) is 15.9 Å². The van der Waals surface area contributed by atoms with Crippen molar-refractivity contribution in [3.05, 3.63) is 47.5 Å². The van der Waals surface area contributed by atoms with E-state index in [1.807, 2.05) is 12.1 Å². The highest BCUT2D eigenvalue weighted by Gasteiger charge is 2.31. The van der Waals surface area contributed by atoms with Gasteiger partial charge in [0.1, 0.15) is 0 Å². The maximum atomic E-state index is 12.6. The van der Waals surface area contributed by atoms with Crippen LogP contribution in [0.1, 0.15) is 11.1 Å². The van der Waals surface area contributed by atoms with Gasteiger partial charge in [-0.1, -0.05) is 40.2 Å². The maximum absolute atomic E-state index is 12.6. The van der Waals surface area contributed by atoms with Gasteiger partial charge in [-0.25, -0.2) is 0 Å². The topological polar surface area (TPSA) is 0 Å². The first-order valence-electron chi connectivity index (χ1n) is 4.67. The lowest BCUT2D eigenvalue weighted by atomic mass is 10.0. The van der Waals surface area contributed by atoms with Crippen LogP contribution in [0.25, 0.3) is 10.8 Å². The number of benzene rings is 2. The third-order valence-corrected chi connectivity index (χ3v) is 3.02. The van der Waals surface area contributed by atoms with Gasteiger partial charge >= 0.3 is 6.18 Å². The SMILES string of the molecule is FC(F)(F)c1cc(CBr)c2ccccc2c1. The van der Waals surface area contributed by atoms with Gasteiger partial charge in [0.2, 0.25) is 0 Å². The standard InChI is InChI=1S/C12H8BrF3/c13-7-9-6-10(12(14,15)16)5-8-3-1-2-4-11(8)9/h1-6H,7H2. The Morgan fingerprint density at radius 1 is 1.06 bits per heavy atom. The number of hydrogen-bond donors (Lipinski definition) is 0. The molecule has 0 aliphatic carbocycles. The smallest absolute Gasteiger partial charge is 0.166 e. The molecule has 0 heterocycles. The van der Waals surface area contributed by atoms with Crippen molar-refractivity contribution in [2.24, 2.45) is 0 Å². The first-order valence-corrected chi connectivity index (χ1v) is 5.79. The minimum atomic E-state index is -4.29. The first-order chi connectivity index (χ1) is 7.52. The number of halogens is 4. The van der Waals surface area contributed by atoms with Gasteiger partial charge in [-0.15, -0.1) is 0 Å². The summed E-state index contributed by atoms with van der Waals surface area (Å²) in [5.74, 6) is 0. The molecule has 0 saturated carbocycles. The molecule has 0 amide bonds. The number of hydrogen-bond acceptors (Lipinski definition) is 0. The van der Waals surface area contributed by atoms with Crippen LogP contribution in [0.15, 0.2) is 36.4 Å². The van der Waals surface area contributed by atoms with E-state index >= 15 is 0 Å². The Morgan fingerprint density at radius 3 is 2.38 bits per heavy atom. The molecule has 2 aromatic carbocycles. The molecule has 0 atom stereocenters. The van der Waals surface area contributed by atoms with Crippen LogP contribution in [0.3, 0.4) is 0 Å². The summed E-state index contributed by atoms with van der Waals surface area (Å²) in [6.07, 6.45) is -4.29. The zero-order chi connectivity index (χ0) is 11.8. The highest BCUT2D eigenvalue weighted by Crippen LogP contribution is 2.33. The van der Waals surface area contributed by atoms with Crippen LogP contribution < -0.4 is 0 Å². The Hall–Kier alpha value is -1.03. The molecule has 4 heteroatoms. The zero-order valence-electron chi connectivity index (χ0n) is 8.18. The van der Waals surface area contributed by atoms with Crippen LogP contribution in [0.5, 0.6) is 0 Å². The predicted octanol–water partition coefficient (Wildman–Crippen LogP) is 4.75. The third kappa shape index (κ3) is 2.07. The average molecular weight is 289 g/mol. The summed E-state index contributed by atoms with van der Waals surface area (Å²) < 4.78 is 37.9. The Kier molecular flexibility index (Phi) is 2.93. The molecule has 16 heavy (non-hydrogen) atoms.